The molecule has 10 nitrogen and oxygen atoms in total. The summed E-state index contributed by atoms with van der Waals surface area (Å²) in [5, 5.41) is 14.6. The largest absolute Gasteiger partial charge is 0.489 e. The number of unbranched alkanes of at least 4 members (excludes halogenated alkanes) is 1. The molecule has 2 heterocycles. The van der Waals surface area contributed by atoms with Crippen LogP contribution in [-0.4, -0.2) is 44.8 Å². The molecule has 206 valence electrons. The van der Waals surface area contributed by atoms with Gasteiger partial charge in [-0.05, 0) is 58.8 Å². The number of hydrogen-bond donors (Lipinski definition) is 1. The van der Waals surface area contributed by atoms with Crippen molar-refractivity contribution in [3.63, 3.8) is 0 Å². The first kappa shape index (κ1) is 27.5. The summed E-state index contributed by atoms with van der Waals surface area (Å²) in [5.41, 5.74) is 2.57. The van der Waals surface area contributed by atoms with E-state index in [0.717, 1.165) is 30.2 Å². The van der Waals surface area contributed by atoms with E-state index < -0.39 is 9.84 Å². The van der Waals surface area contributed by atoms with Crippen molar-refractivity contribution in [1.29, 1.82) is 0 Å². The third-order valence-corrected chi connectivity index (χ3v) is 8.08. The zero-order chi connectivity index (χ0) is 28.3. The summed E-state index contributed by atoms with van der Waals surface area (Å²) in [6.45, 7) is 2.62. The SMILES string of the molecule is CCCCc1nc2ccc(S(C)(=O)=O)cc2c(=O)n1Cc1ccc(OCc2cccc(-c3nnn[nH]3)c2Cl)cc1. The lowest BCUT2D eigenvalue weighted by molar-refractivity contribution is 0.306. The van der Waals surface area contributed by atoms with E-state index in [2.05, 4.69) is 27.5 Å². The van der Waals surface area contributed by atoms with E-state index in [1.807, 2.05) is 42.5 Å². The summed E-state index contributed by atoms with van der Waals surface area (Å²) in [4.78, 5) is 18.4. The van der Waals surface area contributed by atoms with Gasteiger partial charge in [-0.15, -0.1) is 5.10 Å². The number of ether oxygens (including phenoxy) is 1. The van der Waals surface area contributed by atoms with Gasteiger partial charge in [-0.25, -0.2) is 18.5 Å². The fourth-order valence-corrected chi connectivity index (χ4v) is 5.26. The molecule has 0 atom stereocenters. The van der Waals surface area contributed by atoms with Gasteiger partial charge in [0.15, 0.2) is 15.7 Å². The van der Waals surface area contributed by atoms with Crippen molar-refractivity contribution in [1.82, 2.24) is 30.2 Å². The molecule has 0 spiro atoms. The number of benzene rings is 3. The van der Waals surface area contributed by atoms with Crippen LogP contribution in [0.5, 0.6) is 5.75 Å². The Kier molecular flexibility index (Phi) is 7.95. The van der Waals surface area contributed by atoms with Crippen molar-refractivity contribution in [2.45, 2.75) is 44.2 Å². The predicted molar refractivity (Wildman–Crippen MR) is 152 cm³/mol. The molecule has 5 rings (SSSR count). The Balaban J connectivity index is 1.38. The second kappa shape index (κ2) is 11.6. The third kappa shape index (κ3) is 5.90. The van der Waals surface area contributed by atoms with Crippen molar-refractivity contribution in [2.24, 2.45) is 0 Å². The molecule has 0 unspecified atom stereocenters. The highest BCUT2D eigenvalue weighted by Gasteiger charge is 2.16. The van der Waals surface area contributed by atoms with Crippen LogP contribution in [-0.2, 0) is 29.4 Å². The van der Waals surface area contributed by atoms with Crippen molar-refractivity contribution in [2.75, 3.05) is 6.26 Å². The predicted octanol–water partition coefficient (Wildman–Crippen LogP) is 4.60. The minimum atomic E-state index is -3.46. The van der Waals surface area contributed by atoms with E-state index in [0.29, 0.717) is 46.5 Å². The second-order valence-electron chi connectivity index (χ2n) is 9.44. The molecule has 2 aromatic heterocycles. The Bertz CT molecular complexity index is 1820. The molecule has 0 saturated heterocycles. The molecule has 0 fully saturated rings. The summed E-state index contributed by atoms with van der Waals surface area (Å²) < 4.78 is 31.8. The summed E-state index contributed by atoms with van der Waals surface area (Å²) in [5.74, 6) is 1.78. The molecule has 0 amide bonds. The van der Waals surface area contributed by atoms with Gasteiger partial charge < -0.3 is 4.74 Å². The highest BCUT2D eigenvalue weighted by atomic mass is 35.5. The molecule has 3 aromatic carbocycles. The number of fused-ring (bicyclic) bond motifs is 1. The van der Waals surface area contributed by atoms with Crippen LogP contribution in [0.15, 0.2) is 70.4 Å². The number of H-pyrrole nitrogens is 1. The Morgan fingerprint density at radius 1 is 1.07 bits per heavy atom. The maximum atomic E-state index is 13.5. The number of halogens is 1. The molecule has 0 bridgehead atoms. The number of tetrazole rings is 1. The van der Waals surface area contributed by atoms with Crippen molar-refractivity contribution in [3.05, 3.63) is 93.0 Å². The molecule has 40 heavy (non-hydrogen) atoms. The van der Waals surface area contributed by atoms with Crippen LogP contribution in [0.25, 0.3) is 22.3 Å². The van der Waals surface area contributed by atoms with Gasteiger partial charge in [0.2, 0.25) is 0 Å². The van der Waals surface area contributed by atoms with E-state index in [9.17, 15) is 13.2 Å². The number of aromatic nitrogens is 6. The van der Waals surface area contributed by atoms with Crippen molar-refractivity contribution < 1.29 is 13.2 Å². The molecule has 0 aliphatic carbocycles. The standard InChI is InChI=1S/C28H27ClN6O4S/c1-3-4-8-25-30-24-14-13-21(40(2,37)38)15-23(24)28(36)35(25)16-18-9-11-20(12-10-18)39-17-19-6-5-7-22(26(19)29)27-31-33-34-32-27/h5-7,9-15H,3-4,8,16-17H2,1-2H3,(H,31,32,33,34). The number of nitrogens with one attached hydrogen (secondary N) is 1. The molecule has 0 saturated carbocycles. The van der Waals surface area contributed by atoms with Crippen molar-refractivity contribution in [3.8, 4) is 17.1 Å². The van der Waals surface area contributed by atoms with Crippen molar-refractivity contribution >= 4 is 32.3 Å². The van der Waals surface area contributed by atoms with E-state index in [1.54, 1.807) is 10.6 Å². The lowest BCUT2D eigenvalue weighted by Gasteiger charge is -2.15. The van der Waals surface area contributed by atoms with Crippen LogP contribution in [0.1, 0.15) is 36.7 Å². The molecule has 12 heteroatoms. The van der Waals surface area contributed by atoms with Crippen LogP contribution < -0.4 is 10.3 Å². The molecular formula is C28H27ClN6O4S. The summed E-state index contributed by atoms with van der Waals surface area (Å²) in [7, 11) is -3.46. The fraction of sp³-hybridized carbons (Fsp3) is 0.250. The maximum Gasteiger partial charge on any atom is 0.261 e. The van der Waals surface area contributed by atoms with E-state index in [4.69, 9.17) is 21.3 Å². The Labute approximate surface area is 235 Å². The number of rotatable bonds is 10. The number of nitrogens with zero attached hydrogens (tertiary/aromatic N) is 5. The van der Waals surface area contributed by atoms with Crippen LogP contribution in [0, 0.1) is 0 Å². The maximum absolute atomic E-state index is 13.5. The Morgan fingerprint density at radius 2 is 1.88 bits per heavy atom. The average Bonchev–Trinajstić information content (AvgIpc) is 3.48. The first-order valence-electron chi connectivity index (χ1n) is 12.7. The van der Waals surface area contributed by atoms with E-state index in [-0.39, 0.29) is 22.4 Å². The first-order valence-corrected chi connectivity index (χ1v) is 15.0. The second-order valence-corrected chi connectivity index (χ2v) is 11.8. The quantitative estimate of drug-likeness (QED) is 0.254. The molecule has 0 radical (unpaired) electrons. The van der Waals surface area contributed by atoms with Crippen LogP contribution in [0.3, 0.4) is 0 Å². The van der Waals surface area contributed by atoms with Gasteiger partial charge in [0.1, 0.15) is 18.2 Å². The van der Waals surface area contributed by atoms with Gasteiger partial charge in [0.25, 0.3) is 5.56 Å². The highest BCUT2D eigenvalue weighted by Crippen LogP contribution is 2.29. The van der Waals surface area contributed by atoms with E-state index >= 15 is 0 Å². The molecule has 5 aromatic rings. The number of aromatic amines is 1. The smallest absolute Gasteiger partial charge is 0.261 e. The summed E-state index contributed by atoms with van der Waals surface area (Å²) >= 11 is 6.56. The highest BCUT2D eigenvalue weighted by molar-refractivity contribution is 7.90. The zero-order valence-electron chi connectivity index (χ0n) is 22.0. The summed E-state index contributed by atoms with van der Waals surface area (Å²) in [6.07, 6.45) is 3.59. The molecule has 0 aliphatic heterocycles. The normalized spacial score (nSPS) is 11.7. The van der Waals surface area contributed by atoms with Gasteiger partial charge in [0, 0.05) is 23.8 Å². The number of aryl methyl sites for hydroxylation is 1. The lowest BCUT2D eigenvalue weighted by atomic mass is 10.1. The van der Waals surface area contributed by atoms with Crippen LogP contribution in [0.4, 0.5) is 0 Å². The first-order chi connectivity index (χ1) is 19.2. The third-order valence-electron chi connectivity index (χ3n) is 6.52. The minimum Gasteiger partial charge on any atom is -0.489 e. The molecule has 1 N–H and O–H groups in total. The Hall–Kier alpha value is -4.09. The fourth-order valence-electron chi connectivity index (χ4n) is 4.35. The van der Waals surface area contributed by atoms with Gasteiger partial charge in [-0.2, -0.15) is 0 Å². The average molecular weight is 579 g/mol. The Morgan fingerprint density at radius 3 is 2.58 bits per heavy atom. The van der Waals surface area contributed by atoms with Crippen LogP contribution in [0.2, 0.25) is 5.02 Å². The van der Waals surface area contributed by atoms with Gasteiger partial charge in [-0.3, -0.25) is 9.36 Å². The lowest BCUT2D eigenvalue weighted by Crippen LogP contribution is -2.26. The van der Waals surface area contributed by atoms with Gasteiger partial charge in [-0.1, -0.05) is 49.2 Å². The summed E-state index contributed by atoms with van der Waals surface area (Å²) in [6, 6.07) is 17.5. The zero-order valence-corrected chi connectivity index (χ0v) is 23.5. The topological polar surface area (TPSA) is 133 Å². The number of sulfone groups is 1. The minimum absolute atomic E-state index is 0.0939. The van der Waals surface area contributed by atoms with Crippen LogP contribution >= 0.6 is 11.6 Å². The van der Waals surface area contributed by atoms with Gasteiger partial charge >= 0.3 is 0 Å². The number of hydrogen-bond acceptors (Lipinski definition) is 8. The monoisotopic (exact) mass is 578 g/mol. The van der Waals surface area contributed by atoms with E-state index in [1.165, 1.54) is 12.1 Å². The van der Waals surface area contributed by atoms with Gasteiger partial charge in [0.05, 0.1) is 27.4 Å². The molecular weight excluding hydrogens is 552 g/mol. The molecule has 0 aliphatic rings.